The lowest BCUT2D eigenvalue weighted by Gasteiger charge is -2.35. The van der Waals surface area contributed by atoms with E-state index >= 15 is 0 Å². The van der Waals surface area contributed by atoms with Crippen LogP contribution in [0.5, 0.6) is 0 Å². The van der Waals surface area contributed by atoms with E-state index in [1.165, 1.54) is 10.5 Å². The van der Waals surface area contributed by atoms with E-state index in [-0.39, 0.29) is 17.9 Å². The number of benzene rings is 1. The van der Waals surface area contributed by atoms with Crippen LogP contribution < -0.4 is 5.32 Å². The SMILES string of the molecule is Cc1cccc(C)c1NC(=O)C(C)N1CCCC(c2nnc3ccc(C(F)(F)F)cn23)C1. The fourth-order valence-corrected chi connectivity index (χ4v) is 4.33. The molecule has 2 atom stereocenters. The number of para-hydroxylation sites is 1. The minimum absolute atomic E-state index is 0.103. The van der Waals surface area contributed by atoms with E-state index in [0.29, 0.717) is 18.0 Å². The van der Waals surface area contributed by atoms with Crippen molar-refractivity contribution in [3.05, 3.63) is 59.0 Å². The van der Waals surface area contributed by atoms with Gasteiger partial charge in [-0.1, -0.05) is 18.2 Å². The second-order valence-electron chi connectivity index (χ2n) is 8.47. The van der Waals surface area contributed by atoms with Crippen LogP contribution in [0, 0.1) is 13.8 Å². The van der Waals surface area contributed by atoms with Gasteiger partial charge >= 0.3 is 6.18 Å². The first-order chi connectivity index (χ1) is 15.1. The summed E-state index contributed by atoms with van der Waals surface area (Å²) in [5.41, 5.74) is 2.46. The number of rotatable bonds is 4. The highest BCUT2D eigenvalue weighted by molar-refractivity contribution is 5.95. The van der Waals surface area contributed by atoms with Gasteiger partial charge in [-0.05, 0) is 63.4 Å². The number of aromatic nitrogens is 3. The fraction of sp³-hybridized carbons (Fsp3) is 0.435. The van der Waals surface area contributed by atoms with Gasteiger partial charge in [0.2, 0.25) is 5.91 Å². The van der Waals surface area contributed by atoms with Crippen molar-refractivity contribution in [2.45, 2.75) is 51.7 Å². The van der Waals surface area contributed by atoms with Gasteiger partial charge in [0, 0.05) is 24.3 Å². The van der Waals surface area contributed by atoms with E-state index in [9.17, 15) is 18.0 Å². The maximum absolute atomic E-state index is 13.2. The van der Waals surface area contributed by atoms with Gasteiger partial charge in [-0.15, -0.1) is 10.2 Å². The molecule has 1 amide bonds. The Labute approximate surface area is 184 Å². The number of carbonyl (C=O) groups excluding carboxylic acids is 1. The number of hydrogen-bond acceptors (Lipinski definition) is 4. The Morgan fingerprint density at radius 1 is 1.16 bits per heavy atom. The Hall–Kier alpha value is -2.94. The van der Waals surface area contributed by atoms with Crippen LogP contribution in [0.25, 0.3) is 5.65 Å². The highest BCUT2D eigenvalue weighted by Gasteiger charge is 2.33. The average Bonchev–Trinajstić information content (AvgIpc) is 3.18. The number of carbonyl (C=O) groups is 1. The molecule has 6 nitrogen and oxygen atoms in total. The molecule has 32 heavy (non-hydrogen) atoms. The van der Waals surface area contributed by atoms with Crippen LogP contribution in [-0.4, -0.2) is 44.5 Å². The molecule has 0 saturated carbocycles. The van der Waals surface area contributed by atoms with Crippen molar-refractivity contribution in [2.24, 2.45) is 0 Å². The van der Waals surface area contributed by atoms with Gasteiger partial charge in [0.1, 0.15) is 5.82 Å². The zero-order chi connectivity index (χ0) is 23.0. The van der Waals surface area contributed by atoms with Gasteiger partial charge in [0.05, 0.1) is 11.6 Å². The van der Waals surface area contributed by atoms with Crippen LogP contribution in [0.15, 0.2) is 36.5 Å². The normalized spacial score (nSPS) is 18.6. The fourth-order valence-electron chi connectivity index (χ4n) is 4.33. The number of amides is 1. The molecule has 2 aromatic heterocycles. The van der Waals surface area contributed by atoms with Crippen LogP contribution in [0.3, 0.4) is 0 Å². The maximum Gasteiger partial charge on any atom is 0.417 e. The molecular weight excluding hydrogens is 419 g/mol. The highest BCUT2D eigenvalue weighted by Crippen LogP contribution is 2.32. The zero-order valence-corrected chi connectivity index (χ0v) is 18.3. The quantitative estimate of drug-likeness (QED) is 0.639. The Morgan fingerprint density at radius 3 is 2.56 bits per heavy atom. The maximum atomic E-state index is 13.2. The molecule has 1 aliphatic rings. The molecule has 1 aromatic carbocycles. The number of aryl methyl sites for hydroxylation is 2. The summed E-state index contributed by atoms with van der Waals surface area (Å²) >= 11 is 0. The molecule has 1 fully saturated rings. The number of nitrogens with zero attached hydrogens (tertiary/aromatic N) is 4. The van der Waals surface area contributed by atoms with Crippen molar-refractivity contribution in [1.29, 1.82) is 0 Å². The molecule has 170 valence electrons. The number of fused-ring (bicyclic) bond motifs is 1. The second-order valence-corrected chi connectivity index (χ2v) is 8.47. The van der Waals surface area contributed by atoms with Gasteiger partial charge in [-0.25, -0.2) is 0 Å². The molecule has 4 rings (SSSR count). The van der Waals surface area contributed by atoms with Crippen molar-refractivity contribution in [2.75, 3.05) is 18.4 Å². The lowest BCUT2D eigenvalue weighted by atomic mass is 9.95. The van der Waals surface area contributed by atoms with Crippen LogP contribution in [0.2, 0.25) is 0 Å². The van der Waals surface area contributed by atoms with Crippen molar-refractivity contribution >= 4 is 17.2 Å². The lowest BCUT2D eigenvalue weighted by molar-refractivity contribution is -0.137. The number of likely N-dealkylation sites (tertiary alicyclic amines) is 1. The molecule has 0 radical (unpaired) electrons. The summed E-state index contributed by atoms with van der Waals surface area (Å²) in [6.45, 7) is 7.03. The first kappa shape index (κ1) is 22.3. The Bertz CT molecular complexity index is 1120. The molecule has 0 aliphatic carbocycles. The van der Waals surface area contributed by atoms with E-state index in [0.717, 1.165) is 48.5 Å². The molecule has 1 aliphatic heterocycles. The molecule has 1 saturated heterocycles. The predicted octanol–water partition coefficient (Wildman–Crippen LogP) is 4.57. The number of nitrogens with one attached hydrogen (secondary N) is 1. The molecule has 3 aromatic rings. The minimum Gasteiger partial charge on any atom is -0.324 e. The first-order valence-corrected chi connectivity index (χ1v) is 10.7. The third-order valence-corrected chi connectivity index (χ3v) is 6.23. The van der Waals surface area contributed by atoms with Crippen LogP contribution in [0.1, 0.15) is 48.2 Å². The summed E-state index contributed by atoms with van der Waals surface area (Å²) in [5, 5.41) is 11.3. The standard InChI is InChI=1S/C23H26F3N5O/c1-14-6-4-7-15(2)20(14)27-22(32)16(3)30-11-5-8-17(12-30)21-29-28-19-10-9-18(13-31(19)21)23(24,25)26/h4,6-7,9-10,13,16-17H,5,8,11-12H2,1-3H3,(H,27,32). The minimum atomic E-state index is -4.44. The lowest BCUT2D eigenvalue weighted by Crippen LogP contribution is -2.46. The molecule has 0 spiro atoms. The summed E-state index contributed by atoms with van der Waals surface area (Å²) < 4.78 is 41.0. The highest BCUT2D eigenvalue weighted by atomic mass is 19.4. The van der Waals surface area contributed by atoms with Crippen molar-refractivity contribution < 1.29 is 18.0 Å². The smallest absolute Gasteiger partial charge is 0.324 e. The van der Waals surface area contributed by atoms with E-state index in [1.807, 2.05) is 39.0 Å². The summed E-state index contributed by atoms with van der Waals surface area (Å²) in [4.78, 5) is 15.0. The number of piperidine rings is 1. The Balaban J connectivity index is 1.53. The second kappa shape index (κ2) is 8.54. The van der Waals surface area contributed by atoms with Crippen LogP contribution in [0.4, 0.5) is 18.9 Å². The third kappa shape index (κ3) is 4.34. The predicted molar refractivity (Wildman–Crippen MR) is 116 cm³/mol. The number of alkyl halides is 3. The summed E-state index contributed by atoms with van der Waals surface area (Å²) in [6, 6.07) is 7.82. The molecule has 9 heteroatoms. The van der Waals surface area contributed by atoms with Gasteiger partial charge in [0.25, 0.3) is 0 Å². The molecule has 2 unspecified atom stereocenters. The van der Waals surface area contributed by atoms with Gasteiger partial charge < -0.3 is 5.32 Å². The van der Waals surface area contributed by atoms with E-state index in [4.69, 9.17) is 0 Å². The molecule has 0 bridgehead atoms. The summed E-state index contributed by atoms with van der Waals surface area (Å²) in [6.07, 6.45) is -1.78. The van der Waals surface area contributed by atoms with E-state index in [2.05, 4.69) is 20.4 Å². The third-order valence-electron chi connectivity index (χ3n) is 6.23. The largest absolute Gasteiger partial charge is 0.417 e. The Kier molecular flexibility index (Phi) is 5.94. The van der Waals surface area contributed by atoms with E-state index < -0.39 is 11.7 Å². The molecule has 1 N–H and O–H groups in total. The monoisotopic (exact) mass is 445 g/mol. The summed E-state index contributed by atoms with van der Waals surface area (Å²) in [5.74, 6) is 0.282. The molecular formula is C23H26F3N5O. The van der Waals surface area contributed by atoms with Crippen LogP contribution in [-0.2, 0) is 11.0 Å². The number of pyridine rings is 1. The van der Waals surface area contributed by atoms with Crippen LogP contribution >= 0.6 is 0 Å². The number of hydrogen-bond donors (Lipinski definition) is 1. The Morgan fingerprint density at radius 2 is 1.88 bits per heavy atom. The summed E-state index contributed by atoms with van der Waals surface area (Å²) in [7, 11) is 0. The van der Waals surface area contributed by atoms with Gasteiger partial charge in [-0.3, -0.25) is 14.1 Å². The van der Waals surface area contributed by atoms with Crippen molar-refractivity contribution in [3.8, 4) is 0 Å². The zero-order valence-electron chi connectivity index (χ0n) is 18.3. The first-order valence-electron chi connectivity index (χ1n) is 10.7. The van der Waals surface area contributed by atoms with E-state index in [1.54, 1.807) is 0 Å². The topological polar surface area (TPSA) is 62.5 Å². The van der Waals surface area contributed by atoms with Crippen molar-refractivity contribution in [3.63, 3.8) is 0 Å². The van der Waals surface area contributed by atoms with Gasteiger partial charge in [-0.2, -0.15) is 13.2 Å². The molecule has 3 heterocycles. The average molecular weight is 445 g/mol. The van der Waals surface area contributed by atoms with Gasteiger partial charge in [0.15, 0.2) is 5.65 Å². The van der Waals surface area contributed by atoms with Crippen molar-refractivity contribution in [1.82, 2.24) is 19.5 Å². The number of anilines is 1. The number of halogens is 3.